The highest BCUT2D eigenvalue weighted by atomic mass is 32.1. The van der Waals surface area contributed by atoms with Gasteiger partial charge in [0.15, 0.2) is 0 Å². The Labute approximate surface area is 276 Å². The third kappa shape index (κ3) is 4.60. The fourth-order valence-electron chi connectivity index (χ4n) is 7.08. The highest BCUT2D eigenvalue weighted by molar-refractivity contribution is 7.22. The first-order valence-electron chi connectivity index (χ1n) is 15.7. The number of aryl methyl sites for hydroxylation is 2. The number of aromatic nitrogens is 2. The Bertz CT molecular complexity index is 2380. The number of fused-ring (bicyclic) bond motifs is 4. The third-order valence-corrected chi connectivity index (χ3v) is 11.4. The number of nitrogens with zero attached hydrogens (tertiary/aromatic N) is 2. The normalized spacial score (nSPS) is 17.1. The van der Waals surface area contributed by atoms with Gasteiger partial charge in [0, 0.05) is 23.0 Å². The van der Waals surface area contributed by atoms with Crippen LogP contribution in [0.5, 0.6) is 0 Å². The summed E-state index contributed by atoms with van der Waals surface area (Å²) in [6.07, 6.45) is 9.11. The number of hydrogen-bond donors (Lipinski definition) is 0. The summed E-state index contributed by atoms with van der Waals surface area (Å²) in [6.45, 7) is 4.27. The van der Waals surface area contributed by atoms with E-state index in [2.05, 4.69) is 147 Å². The third-order valence-electron chi connectivity index (χ3n) is 9.30. The van der Waals surface area contributed by atoms with Gasteiger partial charge in [-0.25, -0.2) is 9.97 Å². The van der Waals surface area contributed by atoms with Crippen LogP contribution >= 0.6 is 22.7 Å². The molecule has 0 spiro atoms. The molecule has 5 aromatic carbocycles. The van der Waals surface area contributed by atoms with E-state index < -0.39 is 0 Å². The molecule has 2 aliphatic carbocycles. The fourth-order valence-corrected chi connectivity index (χ4v) is 9.21. The van der Waals surface area contributed by atoms with Crippen molar-refractivity contribution in [2.75, 3.05) is 0 Å². The second-order valence-electron chi connectivity index (χ2n) is 12.3. The average molecular weight is 627 g/mol. The number of thiazole rings is 2. The lowest BCUT2D eigenvalue weighted by Crippen LogP contribution is -2.22. The van der Waals surface area contributed by atoms with Crippen LogP contribution in [0.2, 0.25) is 0 Å². The van der Waals surface area contributed by atoms with E-state index in [4.69, 9.17) is 9.97 Å². The van der Waals surface area contributed by atoms with Crippen molar-refractivity contribution in [2.45, 2.75) is 19.8 Å². The Hall–Kier alpha value is -4.90. The topological polar surface area (TPSA) is 25.8 Å². The maximum atomic E-state index is 4.94. The molecule has 0 amide bonds. The van der Waals surface area contributed by atoms with Gasteiger partial charge in [-0.3, -0.25) is 0 Å². The van der Waals surface area contributed by atoms with Crippen LogP contribution in [0.25, 0.3) is 47.1 Å². The van der Waals surface area contributed by atoms with Crippen molar-refractivity contribution in [3.8, 4) is 21.1 Å². The summed E-state index contributed by atoms with van der Waals surface area (Å²) in [5, 5.41) is 2.14. The molecule has 0 aliphatic heterocycles. The Morgan fingerprint density at radius 1 is 0.587 bits per heavy atom. The first-order chi connectivity index (χ1) is 22.6. The van der Waals surface area contributed by atoms with Crippen molar-refractivity contribution in [1.82, 2.24) is 9.97 Å². The number of allylic oxidation sites excluding steroid dienone is 5. The van der Waals surface area contributed by atoms with Gasteiger partial charge >= 0.3 is 0 Å². The van der Waals surface area contributed by atoms with Crippen LogP contribution in [-0.4, -0.2) is 9.97 Å². The summed E-state index contributed by atoms with van der Waals surface area (Å²) in [5.41, 5.74) is 15.0. The molecule has 4 heteroatoms. The molecule has 0 fully saturated rings. The van der Waals surface area contributed by atoms with Gasteiger partial charge in [-0.05, 0) is 82.6 Å². The van der Waals surface area contributed by atoms with Gasteiger partial charge in [0.25, 0.3) is 0 Å². The highest BCUT2D eigenvalue weighted by Gasteiger charge is 2.35. The average Bonchev–Trinajstić information content (AvgIpc) is 3.71. The molecule has 2 heterocycles. The van der Waals surface area contributed by atoms with E-state index in [1.165, 1.54) is 59.5 Å². The summed E-state index contributed by atoms with van der Waals surface area (Å²) in [4.78, 5) is 9.87. The minimum absolute atomic E-state index is 0.230. The Balaban J connectivity index is 1.10. The van der Waals surface area contributed by atoms with E-state index in [-0.39, 0.29) is 11.8 Å². The smallest absolute Gasteiger partial charge is 0.124 e. The molecule has 9 rings (SSSR count). The minimum Gasteiger partial charge on any atom is -0.236 e. The molecule has 0 saturated carbocycles. The van der Waals surface area contributed by atoms with Crippen LogP contribution in [0.4, 0.5) is 0 Å². The predicted molar refractivity (Wildman–Crippen MR) is 196 cm³/mol. The van der Waals surface area contributed by atoms with E-state index in [9.17, 15) is 0 Å². The molecule has 0 saturated heterocycles. The maximum Gasteiger partial charge on any atom is 0.124 e. The molecule has 220 valence electrons. The fraction of sp³-hybridized carbons (Fsp3) is 0.0952. The zero-order chi connectivity index (χ0) is 30.8. The second-order valence-corrected chi connectivity index (χ2v) is 14.4. The minimum atomic E-state index is 0.230. The summed E-state index contributed by atoms with van der Waals surface area (Å²) >= 11 is 3.53. The molecule has 2 unspecified atom stereocenters. The van der Waals surface area contributed by atoms with Gasteiger partial charge in [0.2, 0.25) is 0 Å². The molecule has 46 heavy (non-hydrogen) atoms. The molecule has 2 nitrogen and oxygen atoms in total. The first-order valence-corrected chi connectivity index (χ1v) is 17.4. The highest BCUT2D eigenvalue weighted by Crippen LogP contribution is 2.50. The van der Waals surface area contributed by atoms with E-state index in [0.717, 1.165) is 26.6 Å². The Morgan fingerprint density at radius 2 is 1.17 bits per heavy atom. The van der Waals surface area contributed by atoms with Gasteiger partial charge in [-0.15, -0.1) is 22.7 Å². The number of rotatable bonds is 4. The van der Waals surface area contributed by atoms with Gasteiger partial charge in [-0.1, -0.05) is 109 Å². The quantitative estimate of drug-likeness (QED) is 0.194. The lowest BCUT2D eigenvalue weighted by atomic mass is 9.66. The lowest BCUT2D eigenvalue weighted by molar-refractivity contribution is 0.649. The Kier molecular flexibility index (Phi) is 6.48. The summed E-state index contributed by atoms with van der Waals surface area (Å²) in [7, 11) is 0. The van der Waals surface area contributed by atoms with Crippen LogP contribution in [0.1, 0.15) is 39.3 Å². The summed E-state index contributed by atoms with van der Waals surface area (Å²) < 4.78 is 2.48. The maximum absolute atomic E-state index is 4.94. The van der Waals surface area contributed by atoms with Crippen LogP contribution in [0.15, 0.2) is 139 Å². The zero-order valence-corrected chi connectivity index (χ0v) is 27.2. The molecule has 2 aromatic heterocycles. The van der Waals surface area contributed by atoms with Crippen molar-refractivity contribution < 1.29 is 0 Å². The van der Waals surface area contributed by atoms with Crippen LogP contribution in [0, 0.1) is 19.8 Å². The molecule has 0 radical (unpaired) electrons. The monoisotopic (exact) mass is 626 g/mol. The molecule has 2 aliphatic rings. The molecule has 2 atom stereocenters. The Morgan fingerprint density at radius 3 is 1.83 bits per heavy atom. The second kappa shape index (κ2) is 10.9. The van der Waals surface area contributed by atoms with Crippen molar-refractivity contribution in [3.05, 3.63) is 172 Å². The van der Waals surface area contributed by atoms with E-state index in [1.807, 2.05) is 0 Å². The van der Waals surface area contributed by atoms with Crippen LogP contribution < -0.4 is 0 Å². The van der Waals surface area contributed by atoms with Crippen molar-refractivity contribution >= 4 is 48.7 Å². The van der Waals surface area contributed by atoms with Crippen LogP contribution in [-0.2, 0) is 0 Å². The van der Waals surface area contributed by atoms with Gasteiger partial charge in [0.05, 0.1) is 20.4 Å². The molecular weight excluding hydrogens is 597 g/mol. The van der Waals surface area contributed by atoms with Gasteiger partial charge in [-0.2, -0.15) is 0 Å². The van der Waals surface area contributed by atoms with Crippen molar-refractivity contribution in [3.63, 3.8) is 0 Å². The van der Waals surface area contributed by atoms with Gasteiger partial charge < -0.3 is 0 Å². The molecular formula is C42H30N2S2. The van der Waals surface area contributed by atoms with Crippen LogP contribution in [0.3, 0.4) is 0 Å². The SMILES string of the molecule is Cc1ccc2nc(-c3ccc(C4=C5C=CC=CC5C(c5ccc(-c6nc7ccc(C)cc7s6)cc5)c5ccccc54)cc3)sc2c1. The largest absolute Gasteiger partial charge is 0.236 e. The standard InChI is InChI=1S/C42H30N2S2/c1-25-11-21-35-37(23-25)45-41(43-35)29-17-13-27(14-18-29)39-31-7-3-5-9-33(31)40(34-10-6-4-8-32(34)39)28-15-19-30(20-16-28)42-44-36-22-12-26(2)24-38(36)46-42/h3-24,31,39H,1-2H3. The summed E-state index contributed by atoms with van der Waals surface area (Å²) in [6, 6.07) is 40.1. The molecule has 0 bridgehead atoms. The van der Waals surface area contributed by atoms with Crippen molar-refractivity contribution in [2.24, 2.45) is 5.92 Å². The zero-order valence-electron chi connectivity index (χ0n) is 25.6. The lowest BCUT2D eigenvalue weighted by Gasteiger charge is -2.37. The molecule has 7 aromatic rings. The van der Waals surface area contributed by atoms with Crippen molar-refractivity contribution in [1.29, 1.82) is 0 Å². The predicted octanol–water partition coefficient (Wildman–Crippen LogP) is 11.5. The van der Waals surface area contributed by atoms with Gasteiger partial charge in [0.1, 0.15) is 10.0 Å². The number of hydrogen-bond acceptors (Lipinski definition) is 4. The van der Waals surface area contributed by atoms with E-state index in [0.29, 0.717) is 0 Å². The summed E-state index contributed by atoms with van der Waals surface area (Å²) in [5.74, 6) is 0.479. The van der Waals surface area contributed by atoms with E-state index >= 15 is 0 Å². The first kappa shape index (κ1) is 27.4. The number of benzene rings is 5. The molecule has 0 N–H and O–H groups in total. The van der Waals surface area contributed by atoms with E-state index in [1.54, 1.807) is 22.7 Å².